The summed E-state index contributed by atoms with van der Waals surface area (Å²) in [6.45, 7) is 5.57. The van der Waals surface area contributed by atoms with Crippen molar-refractivity contribution in [1.82, 2.24) is 0 Å². The Morgan fingerprint density at radius 3 is 3.00 bits per heavy atom. The van der Waals surface area contributed by atoms with E-state index < -0.39 is 0 Å². The molecule has 3 unspecified atom stereocenters. The van der Waals surface area contributed by atoms with Crippen molar-refractivity contribution >= 4 is 21.6 Å². The molecule has 2 nitrogen and oxygen atoms in total. The SMILES string of the molecule is CC1(C)C(Nc2cccc(Br)c2)C2CCCOC21. The maximum Gasteiger partial charge on any atom is 0.0693 e. The van der Waals surface area contributed by atoms with Crippen molar-refractivity contribution in [3.05, 3.63) is 28.7 Å². The molecule has 1 N–H and O–H groups in total. The summed E-state index contributed by atoms with van der Waals surface area (Å²) in [5.41, 5.74) is 1.43. The molecule has 3 rings (SSSR count). The number of benzene rings is 1. The van der Waals surface area contributed by atoms with Gasteiger partial charge in [-0.2, -0.15) is 0 Å². The lowest BCUT2D eigenvalue weighted by Crippen LogP contribution is -2.67. The summed E-state index contributed by atoms with van der Waals surface area (Å²) in [4.78, 5) is 0. The number of nitrogens with one attached hydrogen (secondary N) is 1. The maximum absolute atomic E-state index is 5.93. The third kappa shape index (κ3) is 1.97. The maximum atomic E-state index is 5.93. The monoisotopic (exact) mass is 309 g/mol. The zero-order chi connectivity index (χ0) is 12.8. The summed E-state index contributed by atoms with van der Waals surface area (Å²) < 4.78 is 7.06. The van der Waals surface area contributed by atoms with Crippen molar-refractivity contribution in [1.29, 1.82) is 0 Å². The molecule has 1 aliphatic heterocycles. The zero-order valence-electron chi connectivity index (χ0n) is 10.9. The van der Waals surface area contributed by atoms with Gasteiger partial charge < -0.3 is 10.1 Å². The molecule has 0 bridgehead atoms. The highest BCUT2D eigenvalue weighted by molar-refractivity contribution is 9.10. The molecule has 3 atom stereocenters. The molecule has 3 heteroatoms. The first-order chi connectivity index (χ1) is 8.59. The molecular formula is C15H20BrNO. The lowest BCUT2D eigenvalue weighted by Gasteiger charge is -2.60. The van der Waals surface area contributed by atoms with E-state index in [1.165, 1.54) is 18.5 Å². The van der Waals surface area contributed by atoms with Crippen LogP contribution in [0, 0.1) is 11.3 Å². The average molecular weight is 310 g/mol. The van der Waals surface area contributed by atoms with E-state index in [1.807, 2.05) is 0 Å². The highest BCUT2D eigenvalue weighted by Crippen LogP contribution is 2.52. The van der Waals surface area contributed by atoms with Crippen LogP contribution in [0.5, 0.6) is 0 Å². The summed E-state index contributed by atoms with van der Waals surface area (Å²) in [6, 6.07) is 8.94. The molecule has 1 saturated carbocycles. The summed E-state index contributed by atoms with van der Waals surface area (Å²) in [5, 5.41) is 3.70. The molecule has 0 radical (unpaired) electrons. The van der Waals surface area contributed by atoms with Gasteiger partial charge in [0.2, 0.25) is 0 Å². The van der Waals surface area contributed by atoms with Gasteiger partial charge in [0.1, 0.15) is 0 Å². The molecule has 18 heavy (non-hydrogen) atoms. The van der Waals surface area contributed by atoms with Crippen LogP contribution in [-0.4, -0.2) is 18.8 Å². The first kappa shape index (κ1) is 12.5. The Morgan fingerprint density at radius 2 is 2.22 bits per heavy atom. The number of ether oxygens (including phenoxy) is 1. The molecule has 1 saturated heterocycles. The van der Waals surface area contributed by atoms with Gasteiger partial charge in [0.25, 0.3) is 0 Å². The first-order valence-electron chi connectivity index (χ1n) is 6.73. The number of anilines is 1. The first-order valence-corrected chi connectivity index (χ1v) is 7.52. The van der Waals surface area contributed by atoms with Crippen LogP contribution >= 0.6 is 15.9 Å². The van der Waals surface area contributed by atoms with Gasteiger partial charge in [0.05, 0.1) is 6.10 Å². The van der Waals surface area contributed by atoms with Gasteiger partial charge in [0, 0.05) is 34.1 Å². The van der Waals surface area contributed by atoms with Crippen molar-refractivity contribution in [2.75, 3.05) is 11.9 Å². The van der Waals surface area contributed by atoms with Crippen LogP contribution < -0.4 is 5.32 Å². The van der Waals surface area contributed by atoms with E-state index in [9.17, 15) is 0 Å². The van der Waals surface area contributed by atoms with Crippen LogP contribution in [0.4, 0.5) is 5.69 Å². The lowest BCUT2D eigenvalue weighted by atomic mass is 9.55. The molecule has 2 aliphatic rings. The molecule has 1 aliphatic carbocycles. The third-order valence-electron chi connectivity index (χ3n) is 4.48. The minimum atomic E-state index is 0.230. The molecule has 0 aromatic heterocycles. The van der Waals surface area contributed by atoms with Gasteiger partial charge in [0.15, 0.2) is 0 Å². The quantitative estimate of drug-likeness (QED) is 0.889. The molecule has 98 valence electrons. The summed E-state index contributed by atoms with van der Waals surface area (Å²) in [5.74, 6) is 0.674. The van der Waals surface area contributed by atoms with Crippen molar-refractivity contribution in [2.45, 2.75) is 38.8 Å². The average Bonchev–Trinajstić information content (AvgIpc) is 2.36. The predicted molar refractivity (Wildman–Crippen MR) is 77.8 cm³/mol. The van der Waals surface area contributed by atoms with Gasteiger partial charge in [-0.3, -0.25) is 0 Å². The largest absolute Gasteiger partial charge is 0.381 e. The fourth-order valence-electron chi connectivity index (χ4n) is 3.57. The fraction of sp³-hybridized carbons (Fsp3) is 0.600. The second-order valence-corrected chi connectivity index (χ2v) is 6.97. The number of rotatable bonds is 2. The van der Waals surface area contributed by atoms with Crippen LogP contribution in [0.25, 0.3) is 0 Å². The topological polar surface area (TPSA) is 21.3 Å². The van der Waals surface area contributed by atoms with Crippen LogP contribution in [0.3, 0.4) is 0 Å². The molecule has 1 aromatic rings. The van der Waals surface area contributed by atoms with Gasteiger partial charge in [-0.05, 0) is 31.0 Å². The van der Waals surface area contributed by atoms with E-state index in [0.717, 1.165) is 11.1 Å². The van der Waals surface area contributed by atoms with E-state index in [0.29, 0.717) is 18.1 Å². The van der Waals surface area contributed by atoms with Crippen LogP contribution in [0.2, 0.25) is 0 Å². The zero-order valence-corrected chi connectivity index (χ0v) is 12.5. The van der Waals surface area contributed by atoms with E-state index in [1.54, 1.807) is 0 Å². The Bertz CT molecular complexity index is 446. The van der Waals surface area contributed by atoms with Crippen molar-refractivity contribution < 1.29 is 4.74 Å². The highest BCUT2D eigenvalue weighted by atomic mass is 79.9. The van der Waals surface area contributed by atoms with E-state index >= 15 is 0 Å². The Balaban J connectivity index is 1.76. The summed E-state index contributed by atoms with van der Waals surface area (Å²) in [7, 11) is 0. The summed E-state index contributed by atoms with van der Waals surface area (Å²) in [6.07, 6.45) is 2.93. The molecule has 1 aromatic carbocycles. The van der Waals surface area contributed by atoms with E-state index in [4.69, 9.17) is 4.74 Å². The number of halogens is 1. The summed E-state index contributed by atoms with van der Waals surface area (Å²) >= 11 is 3.52. The van der Waals surface area contributed by atoms with Crippen molar-refractivity contribution in [3.63, 3.8) is 0 Å². The Labute approximate surface area is 117 Å². The molecule has 0 amide bonds. The van der Waals surface area contributed by atoms with Crippen molar-refractivity contribution in [3.8, 4) is 0 Å². The van der Waals surface area contributed by atoms with Crippen molar-refractivity contribution in [2.24, 2.45) is 11.3 Å². The lowest BCUT2D eigenvalue weighted by molar-refractivity contribution is -0.177. The molecule has 0 spiro atoms. The second kappa shape index (κ2) is 4.53. The Kier molecular flexibility index (Phi) is 3.15. The Hall–Kier alpha value is -0.540. The second-order valence-electron chi connectivity index (χ2n) is 6.05. The van der Waals surface area contributed by atoms with Crippen LogP contribution in [0.15, 0.2) is 28.7 Å². The number of hydrogen-bond donors (Lipinski definition) is 1. The number of hydrogen-bond acceptors (Lipinski definition) is 2. The minimum Gasteiger partial charge on any atom is -0.381 e. The normalized spacial score (nSPS) is 33.4. The predicted octanol–water partition coefficient (Wildman–Crippen LogP) is 4.06. The molecule has 1 heterocycles. The third-order valence-corrected chi connectivity index (χ3v) is 4.97. The standard InChI is InChI=1S/C15H20BrNO/c1-15(2)13(12-7-4-8-18-14(12)15)17-11-6-3-5-10(16)9-11/h3,5-6,9,12-14,17H,4,7-8H2,1-2H3. The van der Waals surface area contributed by atoms with E-state index in [-0.39, 0.29) is 5.41 Å². The van der Waals surface area contributed by atoms with Gasteiger partial charge >= 0.3 is 0 Å². The van der Waals surface area contributed by atoms with Gasteiger partial charge in [-0.25, -0.2) is 0 Å². The fourth-order valence-corrected chi connectivity index (χ4v) is 3.97. The Morgan fingerprint density at radius 1 is 1.39 bits per heavy atom. The minimum absolute atomic E-state index is 0.230. The highest BCUT2D eigenvalue weighted by Gasteiger charge is 2.57. The molecule has 2 fully saturated rings. The van der Waals surface area contributed by atoms with Gasteiger partial charge in [-0.1, -0.05) is 35.8 Å². The molecular weight excluding hydrogens is 290 g/mol. The number of fused-ring (bicyclic) bond motifs is 1. The van der Waals surface area contributed by atoms with Gasteiger partial charge in [-0.15, -0.1) is 0 Å². The smallest absolute Gasteiger partial charge is 0.0693 e. The van der Waals surface area contributed by atoms with Crippen LogP contribution in [0.1, 0.15) is 26.7 Å². The van der Waals surface area contributed by atoms with E-state index in [2.05, 4.69) is 59.4 Å². The van der Waals surface area contributed by atoms with Crippen LogP contribution in [-0.2, 0) is 4.74 Å².